The molecule has 0 spiro atoms. The first-order chi connectivity index (χ1) is 6.50. The van der Waals surface area contributed by atoms with Gasteiger partial charge in [-0.15, -0.1) is 11.6 Å². The summed E-state index contributed by atoms with van der Waals surface area (Å²) in [6.07, 6.45) is 0.904. The molecule has 78 valence electrons. The molecule has 2 unspecified atom stereocenters. The Hall–Kier alpha value is 0.0900. The van der Waals surface area contributed by atoms with E-state index in [-0.39, 0.29) is 5.38 Å². The zero-order chi connectivity index (χ0) is 10.7. The van der Waals surface area contributed by atoms with Crippen LogP contribution in [-0.4, -0.2) is 5.38 Å². The van der Waals surface area contributed by atoms with Crippen molar-refractivity contribution in [2.45, 2.75) is 31.6 Å². The Balaban J connectivity index is 2.88. The molecule has 0 aliphatic carbocycles. The van der Waals surface area contributed by atoms with Gasteiger partial charge in [0.1, 0.15) is 0 Å². The fourth-order valence-corrected chi connectivity index (χ4v) is 2.26. The highest BCUT2D eigenvalue weighted by Gasteiger charge is 2.12. The number of halogens is 3. The lowest BCUT2D eigenvalue weighted by Gasteiger charge is -2.15. The molecule has 0 saturated carbocycles. The van der Waals surface area contributed by atoms with Crippen LogP contribution in [0.3, 0.4) is 0 Å². The van der Waals surface area contributed by atoms with Crippen molar-refractivity contribution in [3.05, 3.63) is 33.8 Å². The van der Waals surface area contributed by atoms with Crippen molar-refractivity contribution in [1.82, 2.24) is 0 Å². The maximum atomic E-state index is 6.07. The molecule has 1 aromatic carbocycles. The SMILES string of the molecule is CC(Cl)CC(C)c1cc(Cl)ccc1Cl. The first kappa shape index (κ1) is 12.2. The smallest absolute Gasteiger partial charge is 0.0441 e. The van der Waals surface area contributed by atoms with Crippen LogP contribution < -0.4 is 0 Å². The molecule has 0 aliphatic heterocycles. The van der Waals surface area contributed by atoms with Crippen molar-refractivity contribution in [1.29, 1.82) is 0 Å². The van der Waals surface area contributed by atoms with E-state index < -0.39 is 0 Å². The quantitative estimate of drug-likeness (QED) is 0.655. The lowest BCUT2D eigenvalue weighted by Crippen LogP contribution is -2.01. The van der Waals surface area contributed by atoms with Gasteiger partial charge >= 0.3 is 0 Å². The predicted octanol–water partition coefficient (Wildman–Crippen LogP) is 5.11. The van der Waals surface area contributed by atoms with Crippen molar-refractivity contribution in [2.75, 3.05) is 0 Å². The van der Waals surface area contributed by atoms with E-state index in [1.807, 2.05) is 19.1 Å². The molecule has 0 amide bonds. The minimum atomic E-state index is 0.153. The number of benzene rings is 1. The van der Waals surface area contributed by atoms with Crippen LogP contribution in [0.25, 0.3) is 0 Å². The molecule has 0 bridgehead atoms. The second-order valence-electron chi connectivity index (χ2n) is 3.58. The number of hydrogen-bond donors (Lipinski definition) is 0. The van der Waals surface area contributed by atoms with Gasteiger partial charge in [0, 0.05) is 15.4 Å². The van der Waals surface area contributed by atoms with Gasteiger partial charge < -0.3 is 0 Å². The Labute approximate surface area is 100 Å². The van der Waals surface area contributed by atoms with Gasteiger partial charge in [-0.2, -0.15) is 0 Å². The Morgan fingerprint density at radius 1 is 1.21 bits per heavy atom. The maximum Gasteiger partial charge on any atom is 0.0441 e. The summed E-state index contributed by atoms with van der Waals surface area (Å²) in [4.78, 5) is 0. The molecule has 0 radical (unpaired) electrons. The van der Waals surface area contributed by atoms with Crippen LogP contribution in [0.2, 0.25) is 10.0 Å². The molecule has 1 aromatic rings. The maximum absolute atomic E-state index is 6.07. The van der Waals surface area contributed by atoms with E-state index in [9.17, 15) is 0 Å². The molecule has 2 atom stereocenters. The van der Waals surface area contributed by atoms with Crippen molar-refractivity contribution in [3.8, 4) is 0 Å². The van der Waals surface area contributed by atoms with E-state index in [4.69, 9.17) is 34.8 Å². The summed E-state index contributed by atoms with van der Waals surface area (Å²) in [6, 6.07) is 5.53. The highest BCUT2D eigenvalue weighted by Crippen LogP contribution is 2.30. The zero-order valence-electron chi connectivity index (χ0n) is 8.23. The van der Waals surface area contributed by atoms with Crippen molar-refractivity contribution in [3.63, 3.8) is 0 Å². The van der Waals surface area contributed by atoms with E-state index >= 15 is 0 Å². The molecule has 14 heavy (non-hydrogen) atoms. The highest BCUT2D eigenvalue weighted by atomic mass is 35.5. The normalized spacial score (nSPS) is 15.2. The molecular weight excluding hydrogens is 238 g/mol. The first-order valence-electron chi connectivity index (χ1n) is 4.59. The van der Waals surface area contributed by atoms with Gasteiger partial charge in [0.2, 0.25) is 0 Å². The second-order valence-corrected chi connectivity index (χ2v) is 5.17. The average Bonchev–Trinajstić information content (AvgIpc) is 2.08. The lowest BCUT2D eigenvalue weighted by molar-refractivity contribution is 0.671. The van der Waals surface area contributed by atoms with Gasteiger partial charge in [0.05, 0.1) is 0 Å². The molecule has 1 rings (SSSR count). The summed E-state index contributed by atoms with van der Waals surface area (Å²) in [5, 5.41) is 1.64. The van der Waals surface area contributed by atoms with Gasteiger partial charge in [0.15, 0.2) is 0 Å². The van der Waals surface area contributed by atoms with Gasteiger partial charge in [-0.25, -0.2) is 0 Å². The van der Waals surface area contributed by atoms with E-state index in [0.717, 1.165) is 22.0 Å². The minimum absolute atomic E-state index is 0.153. The minimum Gasteiger partial charge on any atom is -0.123 e. The highest BCUT2D eigenvalue weighted by molar-refractivity contribution is 6.33. The van der Waals surface area contributed by atoms with Crippen LogP contribution in [0.4, 0.5) is 0 Å². The molecule has 0 nitrogen and oxygen atoms in total. The third-order valence-electron chi connectivity index (χ3n) is 2.17. The van der Waals surface area contributed by atoms with Gasteiger partial charge in [-0.3, -0.25) is 0 Å². The van der Waals surface area contributed by atoms with E-state index in [2.05, 4.69) is 6.92 Å². The molecular formula is C11H13Cl3. The van der Waals surface area contributed by atoms with E-state index in [0.29, 0.717) is 5.92 Å². The standard InChI is InChI=1S/C11H13Cl3/c1-7(5-8(2)12)10-6-9(13)3-4-11(10)14/h3-4,6-8H,5H2,1-2H3. The molecule has 0 N–H and O–H groups in total. The van der Waals surface area contributed by atoms with Crippen LogP contribution in [0.1, 0.15) is 31.7 Å². The summed E-state index contributed by atoms with van der Waals surface area (Å²) in [7, 11) is 0. The predicted molar refractivity (Wildman–Crippen MR) is 64.8 cm³/mol. The Bertz CT molecular complexity index is 307. The summed E-state index contributed by atoms with van der Waals surface area (Å²) < 4.78 is 0. The fraction of sp³-hybridized carbons (Fsp3) is 0.455. The average molecular weight is 252 g/mol. The Morgan fingerprint density at radius 3 is 2.43 bits per heavy atom. The summed E-state index contributed by atoms with van der Waals surface area (Å²) in [5.41, 5.74) is 1.08. The lowest BCUT2D eigenvalue weighted by atomic mass is 9.96. The molecule has 0 aliphatic rings. The number of hydrogen-bond acceptors (Lipinski definition) is 0. The van der Waals surface area contributed by atoms with Crippen molar-refractivity contribution >= 4 is 34.8 Å². The molecule has 3 heteroatoms. The van der Waals surface area contributed by atoms with Crippen LogP contribution in [-0.2, 0) is 0 Å². The van der Waals surface area contributed by atoms with Gasteiger partial charge in [0.25, 0.3) is 0 Å². The summed E-state index contributed by atoms with van der Waals surface area (Å²) in [6.45, 7) is 4.09. The summed E-state index contributed by atoms with van der Waals surface area (Å²) >= 11 is 17.9. The third-order valence-corrected chi connectivity index (χ3v) is 2.92. The largest absolute Gasteiger partial charge is 0.123 e. The van der Waals surface area contributed by atoms with Crippen LogP contribution in [0.5, 0.6) is 0 Å². The van der Waals surface area contributed by atoms with E-state index in [1.165, 1.54) is 0 Å². The zero-order valence-corrected chi connectivity index (χ0v) is 10.5. The third kappa shape index (κ3) is 3.34. The van der Waals surface area contributed by atoms with Crippen LogP contribution >= 0.6 is 34.8 Å². The van der Waals surface area contributed by atoms with Crippen molar-refractivity contribution in [2.24, 2.45) is 0 Å². The monoisotopic (exact) mass is 250 g/mol. The molecule has 0 fully saturated rings. The van der Waals surface area contributed by atoms with E-state index in [1.54, 1.807) is 6.07 Å². The van der Waals surface area contributed by atoms with Crippen LogP contribution in [0.15, 0.2) is 18.2 Å². The Morgan fingerprint density at radius 2 is 1.86 bits per heavy atom. The second kappa shape index (κ2) is 5.25. The topological polar surface area (TPSA) is 0 Å². The Kier molecular flexibility index (Phi) is 4.56. The van der Waals surface area contributed by atoms with Gasteiger partial charge in [-0.05, 0) is 43.0 Å². The summed E-state index contributed by atoms with van der Waals surface area (Å²) in [5.74, 6) is 0.341. The molecule has 0 heterocycles. The number of alkyl halides is 1. The number of rotatable bonds is 3. The fourth-order valence-electron chi connectivity index (χ4n) is 1.51. The van der Waals surface area contributed by atoms with Gasteiger partial charge in [-0.1, -0.05) is 30.1 Å². The first-order valence-corrected chi connectivity index (χ1v) is 5.79. The molecule has 0 saturated heterocycles. The van der Waals surface area contributed by atoms with Crippen LogP contribution in [0, 0.1) is 0 Å². The van der Waals surface area contributed by atoms with Crippen molar-refractivity contribution < 1.29 is 0 Å². The molecule has 0 aromatic heterocycles.